The van der Waals surface area contributed by atoms with Crippen LogP contribution in [0.25, 0.3) is 5.76 Å². The van der Waals surface area contributed by atoms with Crippen LogP contribution in [-0.2, 0) is 9.59 Å². The number of carbonyl (C=O) groups is 2. The van der Waals surface area contributed by atoms with Crippen molar-refractivity contribution in [3.63, 3.8) is 0 Å². The number of carbonyl (C=O) groups excluding carboxylic acids is 2. The van der Waals surface area contributed by atoms with Crippen molar-refractivity contribution in [2.75, 3.05) is 20.2 Å². The quantitative estimate of drug-likeness (QED) is 0.421. The van der Waals surface area contributed by atoms with Gasteiger partial charge in [-0.2, -0.15) is 0 Å². The van der Waals surface area contributed by atoms with E-state index in [2.05, 4.69) is 0 Å². The highest BCUT2D eigenvalue weighted by Gasteiger charge is 2.45. The molecule has 0 spiro atoms. The fourth-order valence-corrected chi connectivity index (χ4v) is 3.21. The molecule has 4 N–H and O–H groups in total. The number of aliphatic hydroxyl groups excluding tert-OH is 1. The Hall–Kier alpha value is -3.32. The number of nitrogens with zero attached hydrogens (tertiary/aromatic N) is 1. The molecule has 1 amide bonds. The molecule has 7 nitrogen and oxygen atoms in total. The molecule has 0 unspecified atom stereocenters. The Morgan fingerprint density at radius 1 is 1.19 bits per heavy atom. The molecule has 7 heteroatoms. The summed E-state index contributed by atoms with van der Waals surface area (Å²) in [7, 11) is 1.40. The number of rotatable bonds is 5. The average molecular weight is 368 g/mol. The molecule has 0 saturated carbocycles. The first-order valence-corrected chi connectivity index (χ1v) is 8.40. The molecule has 27 heavy (non-hydrogen) atoms. The van der Waals surface area contributed by atoms with Gasteiger partial charge in [-0.15, -0.1) is 0 Å². The monoisotopic (exact) mass is 368 g/mol. The van der Waals surface area contributed by atoms with Crippen LogP contribution in [0, 0.1) is 0 Å². The molecule has 0 bridgehead atoms. The summed E-state index contributed by atoms with van der Waals surface area (Å²) in [5, 5.41) is 20.6. The van der Waals surface area contributed by atoms with E-state index in [1.807, 2.05) is 0 Å². The lowest BCUT2D eigenvalue weighted by Crippen LogP contribution is -2.34. The van der Waals surface area contributed by atoms with Gasteiger partial charge in [0.15, 0.2) is 11.5 Å². The van der Waals surface area contributed by atoms with E-state index >= 15 is 0 Å². The van der Waals surface area contributed by atoms with E-state index in [4.69, 9.17) is 10.5 Å². The predicted octanol–water partition coefficient (Wildman–Crippen LogP) is 1.78. The maximum atomic E-state index is 12.7. The third-order valence-electron chi connectivity index (χ3n) is 4.48. The predicted molar refractivity (Wildman–Crippen MR) is 99.2 cm³/mol. The molecule has 1 atom stereocenters. The number of aliphatic hydroxyl groups is 1. The van der Waals surface area contributed by atoms with Gasteiger partial charge in [0.25, 0.3) is 11.7 Å². The zero-order valence-corrected chi connectivity index (χ0v) is 14.8. The van der Waals surface area contributed by atoms with Gasteiger partial charge in [-0.3, -0.25) is 9.59 Å². The van der Waals surface area contributed by atoms with Gasteiger partial charge in [-0.1, -0.05) is 36.4 Å². The van der Waals surface area contributed by atoms with E-state index in [0.717, 1.165) is 0 Å². The largest absolute Gasteiger partial charge is 0.507 e. The molecule has 1 aliphatic heterocycles. The van der Waals surface area contributed by atoms with Crippen LogP contribution in [0.5, 0.6) is 11.5 Å². The molecule has 0 aliphatic carbocycles. The summed E-state index contributed by atoms with van der Waals surface area (Å²) in [6.07, 6.45) is 0. The van der Waals surface area contributed by atoms with Crippen LogP contribution in [0.4, 0.5) is 0 Å². The third-order valence-corrected chi connectivity index (χ3v) is 4.48. The summed E-state index contributed by atoms with van der Waals surface area (Å²) in [5.74, 6) is -1.63. The number of methoxy groups -OCH3 is 1. The zero-order chi connectivity index (χ0) is 19.6. The van der Waals surface area contributed by atoms with Gasteiger partial charge in [0.05, 0.1) is 18.7 Å². The van der Waals surface area contributed by atoms with Crippen molar-refractivity contribution in [2.24, 2.45) is 5.73 Å². The van der Waals surface area contributed by atoms with Crippen LogP contribution in [0.1, 0.15) is 17.2 Å². The molecule has 0 aromatic heterocycles. The maximum absolute atomic E-state index is 12.7. The highest BCUT2D eigenvalue weighted by molar-refractivity contribution is 6.46. The summed E-state index contributed by atoms with van der Waals surface area (Å²) in [5.41, 5.74) is 6.55. The molecule has 2 aromatic carbocycles. The fraction of sp³-hybridized carbons (Fsp3) is 0.200. The summed E-state index contributed by atoms with van der Waals surface area (Å²) >= 11 is 0. The first-order valence-electron chi connectivity index (χ1n) is 8.40. The Kier molecular flexibility index (Phi) is 5.14. The molecule has 1 saturated heterocycles. The lowest BCUT2D eigenvalue weighted by Gasteiger charge is -2.25. The average Bonchev–Trinajstić information content (AvgIpc) is 2.94. The molecule has 3 rings (SSSR count). The molecule has 2 aromatic rings. The van der Waals surface area contributed by atoms with Crippen molar-refractivity contribution in [3.8, 4) is 11.5 Å². The minimum Gasteiger partial charge on any atom is -0.507 e. The van der Waals surface area contributed by atoms with Crippen molar-refractivity contribution in [1.29, 1.82) is 0 Å². The van der Waals surface area contributed by atoms with Crippen LogP contribution >= 0.6 is 0 Å². The van der Waals surface area contributed by atoms with Crippen molar-refractivity contribution in [3.05, 3.63) is 65.2 Å². The Morgan fingerprint density at radius 2 is 1.89 bits per heavy atom. The number of hydrogen-bond acceptors (Lipinski definition) is 6. The number of hydrogen-bond donors (Lipinski definition) is 3. The van der Waals surface area contributed by atoms with Gasteiger partial charge >= 0.3 is 0 Å². The normalized spacial score (nSPS) is 18.7. The van der Waals surface area contributed by atoms with Crippen molar-refractivity contribution in [1.82, 2.24) is 4.90 Å². The van der Waals surface area contributed by atoms with E-state index in [1.54, 1.807) is 36.4 Å². The SMILES string of the molecule is COc1cc([C@H]2/C(=C(\O)c3ccccc3)C(=O)C(=O)N2CCN)ccc1O. The third kappa shape index (κ3) is 3.24. The molecule has 0 radical (unpaired) electrons. The van der Waals surface area contributed by atoms with E-state index in [-0.39, 0.29) is 35.9 Å². The van der Waals surface area contributed by atoms with E-state index in [0.29, 0.717) is 11.1 Å². The first-order chi connectivity index (χ1) is 13.0. The van der Waals surface area contributed by atoms with Crippen LogP contribution in [0.15, 0.2) is 54.1 Å². The molecule has 1 heterocycles. The zero-order valence-electron chi connectivity index (χ0n) is 14.8. The van der Waals surface area contributed by atoms with Crippen LogP contribution in [-0.4, -0.2) is 47.0 Å². The Morgan fingerprint density at radius 3 is 2.52 bits per heavy atom. The van der Waals surface area contributed by atoms with E-state index < -0.39 is 17.7 Å². The summed E-state index contributed by atoms with van der Waals surface area (Å²) < 4.78 is 5.13. The number of Topliss-reactive ketones (excluding diaryl/α,β-unsaturated/α-hetero) is 1. The number of benzene rings is 2. The van der Waals surface area contributed by atoms with Crippen LogP contribution < -0.4 is 10.5 Å². The van der Waals surface area contributed by atoms with E-state index in [1.165, 1.54) is 24.1 Å². The van der Waals surface area contributed by atoms with Gasteiger partial charge in [0.2, 0.25) is 0 Å². The number of ketones is 1. The highest BCUT2D eigenvalue weighted by Crippen LogP contribution is 2.41. The number of phenolic OH excluding ortho intramolecular Hbond substituents is 1. The lowest BCUT2D eigenvalue weighted by atomic mass is 9.95. The Bertz CT molecular complexity index is 908. The topological polar surface area (TPSA) is 113 Å². The van der Waals surface area contributed by atoms with Crippen molar-refractivity contribution >= 4 is 17.4 Å². The van der Waals surface area contributed by atoms with Crippen LogP contribution in [0.2, 0.25) is 0 Å². The van der Waals surface area contributed by atoms with Crippen molar-refractivity contribution in [2.45, 2.75) is 6.04 Å². The highest BCUT2D eigenvalue weighted by atomic mass is 16.5. The molecular formula is C20H20N2O5. The standard InChI is InChI=1S/C20H20N2O5/c1-27-15-11-13(7-8-14(15)23)17-16(18(24)12-5-3-2-4-6-12)19(25)20(26)22(17)10-9-21/h2-8,11,17,23-24H,9-10,21H2,1H3/b18-16+/t17-/m0/s1. The second kappa shape index (κ2) is 7.51. The lowest BCUT2D eigenvalue weighted by molar-refractivity contribution is -0.139. The molecule has 1 aliphatic rings. The number of amides is 1. The summed E-state index contributed by atoms with van der Waals surface area (Å²) in [6, 6.07) is 12.2. The van der Waals surface area contributed by atoms with Gasteiger partial charge in [0.1, 0.15) is 5.76 Å². The number of likely N-dealkylation sites (tertiary alicyclic amines) is 1. The van der Waals surface area contributed by atoms with Crippen LogP contribution in [0.3, 0.4) is 0 Å². The number of aromatic hydroxyl groups is 1. The molecule has 140 valence electrons. The number of phenols is 1. The summed E-state index contributed by atoms with van der Waals surface area (Å²) in [6.45, 7) is 0.300. The van der Waals surface area contributed by atoms with Gasteiger partial charge in [0, 0.05) is 18.7 Å². The smallest absolute Gasteiger partial charge is 0.295 e. The number of nitrogens with two attached hydrogens (primary N) is 1. The summed E-state index contributed by atoms with van der Waals surface area (Å²) in [4.78, 5) is 26.5. The Balaban J connectivity index is 2.21. The van der Waals surface area contributed by atoms with Gasteiger partial charge < -0.3 is 25.6 Å². The maximum Gasteiger partial charge on any atom is 0.295 e. The minimum atomic E-state index is -0.830. The van der Waals surface area contributed by atoms with Gasteiger partial charge in [-0.25, -0.2) is 0 Å². The first kappa shape index (κ1) is 18.5. The second-order valence-corrected chi connectivity index (χ2v) is 6.08. The van der Waals surface area contributed by atoms with E-state index in [9.17, 15) is 19.8 Å². The van der Waals surface area contributed by atoms with Crippen molar-refractivity contribution < 1.29 is 24.5 Å². The molecule has 1 fully saturated rings. The Labute approximate surface area is 156 Å². The fourth-order valence-electron chi connectivity index (χ4n) is 3.21. The minimum absolute atomic E-state index is 0.0209. The van der Waals surface area contributed by atoms with Gasteiger partial charge in [-0.05, 0) is 17.7 Å². The second-order valence-electron chi connectivity index (χ2n) is 6.08. The number of ether oxygens (including phenoxy) is 1. The molecular weight excluding hydrogens is 348 g/mol.